The molecule has 1 heterocycles. The molecule has 0 bridgehead atoms. The SMILES string of the molecule is CCCCc1ccc(NC(=O)c2ccc(N3CCCC3)cc2)cc1. The summed E-state index contributed by atoms with van der Waals surface area (Å²) in [5.74, 6) is -0.0516. The van der Waals surface area contributed by atoms with Gasteiger partial charge in [0.15, 0.2) is 0 Å². The highest BCUT2D eigenvalue weighted by Crippen LogP contribution is 2.21. The van der Waals surface area contributed by atoms with E-state index < -0.39 is 0 Å². The molecule has 1 fully saturated rings. The van der Waals surface area contributed by atoms with E-state index in [0.29, 0.717) is 5.56 Å². The van der Waals surface area contributed by atoms with Crippen LogP contribution >= 0.6 is 0 Å². The summed E-state index contributed by atoms with van der Waals surface area (Å²) in [5, 5.41) is 2.98. The third-order valence-corrected chi connectivity index (χ3v) is 4.63. The average molecular weight is 322 g/mol. The van der Waals surface area contributed by atoms with Gasteiger partial charge in [-0.05, 0) is 67.6 Å². The van der Waals surface area contributed by atoms with Gasteiger partial charge in [-0.25, -0.2) is 0 Å². The van der Waals surface area contributed by atoms with Gasteiger partial charge in [0.2, 0.25) is 0 Å². The van der Waals surface area contributed by atoms with Crippen LogP contribution in [-0.4, -0.2) is 19.0 Å². The molecule has 3 heteroatoms. The fourth-order valence-corrected chi connectivity index (χ4v) is 3.14. The molecule has 2 aromatic carbocycles. The van der Waals surface area contributed by atoms with Crippen LogP contribution in [0, 0.1) is 0 Å². The van der Waals surface area contributed by atoms with Gasteiger partial charge in [-0.3, -0.25) is 4.79 Å². The minimum atomic E-state index is -0.0516. The zero-order valence-corrected chi connectivity index (χ0v) is 14.4. The molecule has 1 aliphatic heterocycles. The number of nitrogens with zero attached hydrogens (tertiary/aromatic N) is 1. The Morgan fingerprint density at radius 1 is 1.00 bits per heavy atom. The van der Waals surface area contributed by atoms with E-state index in [-0.39, 0.29) is 5.91 Å². The highest BCUT2D eigenvalue weighted by Gasteiger charge is 2.13. The predicted molar refractivity (Wildman–Crippen MR) is 101 cm³/mol. The number of carbonyl (C=O) groups is 1. The van der Waals surface area contributed by atoms with Crippen LogP contribution in [0.4, 0.5) is 11.4 Å². The molecule has 1 aliphatic rings. The lowest BCUT2D eigenvalue weighted by Crippen LogP contribution is -2.18. The number of hydrogen-bond donors (Lipinski definition) is 1. The molecule has 0 radical (unpaired) electrons. The van der Waals surface area contributed by atoms with Gasteiger partial charge < -0.3 is 10.2 Å². The van der Waals surface area contributed by atoms with Gasteiger partial charge in [0.1, 0.15) is 0 Å². The summed E-state index contributed by atoms with van der Waals surface area (Å²) < 4.78 is 0. The molecule has 0 atom stereocenters. The molecular formula is C21H26N2O. The molecular weight excluding hydrogens is 296 g/mol. The largest absolute Gasteiger partial charge is 0.372 e. The van der Waals surface area contributed by atoms with Crippen LogP contribution in [0.1, 0.15) is 48.5 Å². The van der Waals surface area contributed by atoms with Crippen molar-refractivity contribution in [1.29, 1.82) is 0 Å². The van der Waals surface area contributed by atoms with E-state index in [9.17, 15) is 4.79 Å². The van der Waals surface area contributed by atoms with E-state index in [2.05, 4.69) is 29.3 Å². The lowest BCUT2D eigenvalue weighted by Gasteiger charge is -2.17. The van der Waals surface area contributed by atoms with Crippen molar-refractivity contribution in [3.05, 3.63) is 59.7 Å². The molecule has 0 unspecified atom stereocenters. The Morgan fingerprint density at radius 3 is 2.29 bits per heavy atom. The number of aryl methyl sites for hydroxylation is 1. The van der Waals surface area contributed by atoms with E-state index in [1.54, 1.807) is 0 Å². The Balaban J connectivity index is 1.59. The van der Waals surface area contributed by atoms with Crippen molar-refractivity contribution in [1.82, 2.24) is 0 Å². The summed E-state index contributed by atoms with van der Waals surface area (Å²) in [7, 11) is 0. The van der Waals surface area contributed by atoms with Crippen molar-refractivity contribution in [3.63, 3.8) is 0 Å². The third-order valence-electron chi connectivity index (χ3n) is 4.63. The van der Waals surface area contributed by atoms with Crippen molar-refractivity contribution in [3.8, 4) is 0 Å². The van der Waals surface area contributed by atoms with Gasteiger partial charge >= 0.3 is 0 Å². The van der Waals surface area contributed by atoms with Crippen molar-refractivity contribution in [2.24, 2.45) is 0 Å². The maximum absolute atomic E-state index is 12.4. The number of amides is 1. The number of unbranched alkanes of at least 4 members (excludes halogenated alkanes) is 1. The third kappa shape index (κ3) is 4.16. The summed E-state index contributed by atoms with van der Waals surface area (Å²) in [6.07, 6.45) is 6.02. The molecule has 0 spiro atoms. The predicted octanol–water partition coefficient (Wildman–Crippen LogP) is 4.88. The van der Waals surface area contributed by atoms with Crippen LogP contribution in [0.15, 0.2) is 48.5 Å². The molecule has 2 aromatic rings. The average Bonchev–Trinajstić information content (AvgIpc) is 3.16. The van der Waals surface area contributed by atoms with Gasteiger partial charge in [0.05, 0.1) is 0 Å². The van der Waals surface area contributed by atoms with E-state index in [0.717, 1.165) is 25.2 Å². The molecule has 0 aliphatic carbocycles. The number of hydrogen-bond acceptors (Lipinski definition) is 2. The fourth-order valence-electron chi connectivity index (χ4n) is 3.14. The minimum absolute atomic E-state index is 0.0516. The number of nitrogens with one attached hydrogen (secondary N) is 1. The van der Waals surface area contributed by atoms with Gasteiger partial charge in [-0.15, -0.1) is 0 Å². The van der Waals surface area contributed by atoms with E-state index in [1.807, 2.05) is 36.4 Å². The van der Waals surface area contributed by atoms with Crippen molar-refractivity contribution >= 4 is 17.3 Å². The smallest absolute Gasteiger partial charge is 0.255 e. The second kappa shape index (κ2) is 8.00. The summed E-state index contributed by atoms with van der Waals surface area (Å²) in [6, 6.07) is 16.1. The van der Waals surface area contributed by atoms with Crippen LogP contribution in [0.3, 0.4) is 0 Å². The first-order valence-corrected chi connectivity index (χ1v) is 9.01. The second-order valence-electron chi connectivity index (χ2n) is 6.50. The highest BCUT2D eigenvalue weighted by molar-refractivity contribution is 6.04. The lowest BCUT2D eigenvalue weighted by atomic mass is 10.1. The van der Waals surface area contributed by atoms with E-state index >= 15 is 0 Å². The zero-order chi connectivity index (χ0) is 16.8. The summed E-state index contributed by atoms with van der Waals surface area (Å²) in [5.41, 5.74) is 4.09. The van der Waals surface area contributed by atoms with Crippen LogP contribution in [0.5, 0.6) is 0 Å². The quantitative estimate of drug-likeness (QED) is 0.822. The fraction of sp³-hybridized carbons (Fsp3) is 0.381. The van der Waals surface area contributed by atoms with E-state index in [1.165, 1.54) is 36.9 Å². The summed E-state index contributed by atoms with van der Waals surface area (Å²) in [6.45, 7) is 4.44. The molecule has 3 rings (SSSR count). The number of carbonyl (C=O) groups excluding carboxylic acids is 1. The van der Waals surface area contributed by atoms with Crippen LogP contribution in [-0.2, 0) is 6.42 Å². The number of anilines is 2. The monoisotopic (exact) mass is 322 g/mol. The summed E-state index contributed by atoms with van der Waals surface area (Å²) >= 11 is 0. The first-order chi connectivity index (χ1) is 11.8. The zero-order valence-electron chi connectivity index (χ0n) is 14.4. The molecule has 126 valence electrons. The Bertz CT molecular complexity index is 655. The van der Waals surface area contributed by atoms with Crippen molar-refractivity contribution < 1.29 is 4.79 Å². The Morgan fingerprint density at radius 2 is 1.67 bits per heavy atom. The Kier molecular flexibility index (Phi) is 5.52. The molecule has 24 heavy (non-hydrogen) atoms. The molecule has 1 saturated heterocycles. The van der Waals surface area contributed by atoms with Crippen LogP contribution in [0.25, 0.3) is 0 Å². The maximum Gasteiger partial charge on any atom is 0.255 e. The second-order valence-corrected chi connectivity index (χ2v) is 6.50. The van der Waals surface area contributed by atoms with Gasteiger partial charge in [0, 0.05) is 30.0 Å². The number of benzene rings is 2. The Labute approximate surface area is 144 Å². The summed E-state index contributed by atoms with van der Waals surface area (Å²) in [4.78, 5) is 14.8. The topological polar surface area (TPSA) is 32.3 Å². The van der Waals surface area contributed by atoms with Crippen LogP contribution in [0.2, 0.25) is 0 Å². The van der Waals surface area contributed by atoms with Crippen molar-refractivity contribution in [2.75, 3.05) is 23.3 Å². The standard InChI is InChI=1S/C21H26N2O/c1-2-3-6-17-7-11-19(12-8-17)22-21(24)18-9-13-20(14-10-18)23-15-4-5-16-23/h7-14H,2-6,15-16H2,1H3,(H,22,24). The van der Waals surface area contributed by atoms with Gasteiger partial charge in [-0.2, -0.15) is 0 Å². The first-order valence-electron chi connectivity index (χ1n) is 9.01. The minimum Gasteiger partial charge on any atom is -0.372 e. The van der Waals surface area contributed by atoms with Gasteiger partial charge in [-0.1, -0.05) is 25.5 Å². The lowest BCUT2D eigenvalue weighted by molar-refractivity contribution is 0.102. The highest BCUT2D eigenvalue weighted by atomic mass is 16.1. The molecule has 3 nitrogen and oxygen atoms in total. The Hall–Kier alpha value is -2.29. The maximum atomic E-state index is 12.4. The number of rotatable bonds is 6. The molecule has 0 aromatic heterocycles. The molecule has 1 N–H and O–H groups in total. The van der Waals surface area contributed by atoms with Crippen LogP contribution < -0.4 is 10.2 Å². The van der Waals surface area contributed by atoms with E-state index in [4.69, 9.17) is 0 Å². The molecule has 0 saturated carbocycles. The van der Waals surface area contributed by atoms with Crippen molar-refractivity contribution in [2.45, 2.75) is 39.0 Å². The first kappa shape index (κ1) is 16.6. The normalized spacial score (nSPS) is 14.0. The molecule has 1 amide bonds. The van der Waals surface area contributed by atoms with Gasteiger partial charge in [0.25, 0.3) is 5.91 Å².